The molecule has 0 aromatic heterocycles. The first-order valence-electron chi connectivity index (χ1n) is 22.3. The smallest absolute Gasteiger partial charge is 0.354 e. The van der Waals surface area contributed by atoms with Crippen molar-refractivity contribution in [1.82, 2.24) is 35.6 Å². The lowest BCUT2D eigenvalue weighted by atomic mass is 9.98. The number of likely N-dealkylation sites (N-methyl/N-ethyl adjacent to an activating group) is 2. The van der Waals surface area contributed by atoms with E-state index in [1.807, 2.05) is 13.8 Å². The van der Waals surface area contributed by atoms with Gasteiger partial charge in [0.15, 0.2) is 0 Å². The average Bonchev–Trinajstić information content (AvgIpc) is 4.17. The number of hydrogen-bond donors (Lipinski definition) is 3. The number of amides is 7. The fourth-order valence-electron chi connectivity index (χ4n) is 9.27. The van der Waals surface area contributed by atoms with Crippen LogP contribution in [-0.4, -0.2) is 149 Å². The normalized spacial score (nSPS) is 28.4. The Hall–Kier alpha value is -4.26. The molecule has 0 unspecified atom stereocenters. The number of nitrogens with one attached hydrogen (secondary N) is 3. The molecule has 360 valence electrons. The number of halogens is 7. The molecule has 5 aliphatic rings. The van der Waals surface area contributed by atoms with Gasteiger partial charge in [0.25, 0.3) is 0 Å². The predicted molar refractivity (Wildman–Crippen MR) is 229 cm³/mol. The Bertz CT molecular complexity index is 2010. The van der Waals surface area contributed by atoms with E-state index in [9.17, 15) is 51.1 Å². The van der Waals surface area contributed by atoms with Crippen molar-refractivity contribution in [2.75, 3.05) is 33.7 Å². The van der Waals surface area contributed by atoms with Crippen molar-refractivity contribution in [3.05, 3.63) is 33.8 Å². The number of fused-ring (bicyclic) bond motifs is 1. The standard InChI is InChI=1S/C44H58Cl2F5N7O7/c1-23(2)15-30-39(62)56(4)35(18-25-17-26(45)10-11-29(25)46)41(64)57-21-27(47)19-33(57)36(59)52-14-6-5-7-32(37(60)53-30)55(3)40(63)31(16-24-8-9-24)54-38(61)34-20-28(48)22-58(34)42(65)43(12-13-43)44(49,50)51/h10-11,17,23-24,27-28,30-35H,5-9,12-16,18-22H2,1-4H3,(H,52,59)(H,53,60)(H,54,61)/t27-,28-,30+,31+,32+,33+,34+,35+/m1/s1. The summed E-state index contributed by atoms with van der Waals surface area (Å²) in [4.78, 5) is 103. The van der Waals surface area contributed by atoms with Gasteiger partial charge in [0, 0.05) is 49.9 Å². The molecule has 2 aliphatic carbocycles. The highest BCUT2D eigenvalue weighted by molar-refractivity contribution is 6.33. The maximum absolute atomic E-state index is 15.1. The van der Waals surface area contributed by atoms with Crippen LogP contribution in [0.4, 0.5) is 22.0 Å². The number of rotatable bonds is 11. The van der Waals surface area contributed by atoms with Crippen molar-refractivity contribution in [3.63, 3.8) is 0 Å². The first kappa shape index (κ1) is 50.2. The van der Waals surface area contributed by atoms with Crippen LogP contribution in [0.1, 0.15) is 90.0 Å². The average molecular weight is 963 g/mol. The number of alkyl halides is 5. The molecule has 0 radical (unpaired) electrons. The van der Waals surface area contributed by atoms with Gasteiger partial charge >= 0.3 is 6.18 Å². The molecule has 1 aromatic rings. The van der Waals surface area contributed by atoms with Crippen molar-refractivity contribution >= 4 is 64.6 Å². The largest absolute Gasteiger partial charge is 0.403 e. The van der Waals surface area contributed by atoms with Crippen LogP contribution in [0.3, 0.4) is 0 Å². The highest BCUT2D eigenvalue weighted by Crippen LogP contribution is 2.59. The molecule has 3 heterocycles. The quantitative estimate of drug-likeness (QED) is 0.274. The van der Waals surface area contributed by atoms with Gasteiger partial charge < -0.3 is 35.6 Å². The van der Waals surface area contributed by atoms with Gasteiger partial charge in [-0.3, -0.25) is 33.6 Å². The number of likely N-dealkylation sites (tertiary alicyclic amines) is 1. The molecule has 3 aliphatic heterocycles. The first-order valence-corrected chi connectivity index (χ1v) is 23.1. The minimum atomic E-state index is -4.89. The molecule has 2 saturated carbocycles. The highest BCUT2D eigenvalue weighted by atomic mass is 35.5. The maximum Gasteiger partial charge on any atom is 0.403 e. The Balaban J connectivity index is 1.27. The van der Waals surface area contributed by atoms with Gasteiger partial charge in [0.1, 0.15) is 54.0 Å². The van der Waals surface area contributed by atoms with Crippen LogP contribution in [-0.2, 0) is 40.0 Å². The Morgan fingerprint density at radius 2 is 1.62 bits per heavy atom. The number of benzene rings is 1. The van der Waals surface area contributed by atoms with Gasteiger partial charge in [0.2, 0.25) is 41.4 Å². The summed E-state index contributed by atoms with van der Waals surface area (Å²) in [7, 11) is 2.71. The minimum Gasteiger partial charge on any atom is -0.354 e. The van der Waals surface area contributed by atoms with E-state index >= 15 is 4.39 Å². The number of carbonyl (C=O) groups is 7. The van der Waals surface area contributed by atoms with Crippen LogP contribution in [0.2, 0.25) is 10.0 Å². The summed E-state index contributed by atoms with van der Waals surface area (Å²) < 4.78 is 71.7. The molecule has 0 bridgehead atoms. The van der Waals surface area contributed by atoms with E-state index in [1.165, 1.54) is 26.2 Å². The SMILES string of the molecule is CC(C)C[C@@H]1NC(=O)[C@@H](N(C)C(=O)[C@H](CC2CC2)NC(=O)[C@@H]2C[C@@H](F)CN2C(=O)C2(C(F)(F)F)CC2)CCCCNC(=O)[C@@H]2C[C@@H](F)CN2C(=O)[C@H](Cc2cc(Cl)ccc2Cl)N(C)C1=O. The summed E-state index contributed by atoms with van der Waals surface area (Å²) in [5.74, 6) is -6.05. The van der Waals surface area contributed by atoms with Crippen LogP contribution >= 0.6 is 23.2 Å². The Morgan fingerprint density at radius 3 is 2.25 bits per heavy atom. The van der Waals surface area contributed by atoms with E-state index in [0.717, 1.165) is 27.5 Å². The van der Waals surface area contributed by atoms with Crippen LogP contribution in [0.5, 0.6) is 0 Å². The fourth-order valence-corrected chi connectivity index (χ4v) is 9.66. The van der Waals surface area contributed by atoms with Crippen LogP contribution in [0, 0.1) is 17.3 Å². The lowest BCUT2D eigenvalue weighted by molar-refractivity contribution is -0.199. The van der Waals surface area contributed by atoms with E-state index in [4.69, 9.17) is 23.2 Å². The van der Waals surface area contributed by atoms with Gasteiger partial charge in [-0.2, -0.15) is 13.2 Å². The van der Waals surface area contributed by atoms with Gasteiger partial charge in [-0.1, -0.05) is 49.9 Å². The second-order valence-electron chi connectivity index (χ2n) is 18.8. The van der Waals surface area contributed by atoms with Crippen molar-refractivity contribution in [2.24, 2.45) is 17.3 Å². The molecule has 14 nitrogen and oxygen atoms in total. The molecule has 6 rings (SSSR count). The number of carbonyl (C=O) groups excluding carboxylic acids is 7. The molecule has 5 fully saturated rings. The summed E-state index contributed by atoms with van der Waals surface area (Å²) >= 11 is 12.8. The number of nitrogens with zero attached hydrogens (tertiary/aromatic N) is 4. The lowest BCUT2D eigenvalue weighted by Crippen LogP contribution is -2.60. The molecule has 0 spiro atoms. The van der Waals surface area contributed by atoms with E-state index in [-0.39, 0.29) is 74.9 Å². The summed E-state index contributed by atoms with van der Waals surface area (Å²) in [6, 6.07) is -3.35. The topological polar surface area (TPSA) is 169 Å². The second-order valence-corrected chi connectivity index (χ2v) is 19.7. The highest BCUT2D eigenvalue weighted by Gasteiger charge is 2.70. The minimum absolute atomic E-state index is 0.00760. The maximum atomic E-state index is 15.1. The Labute approximate surface area is 385 Å². The zero-order chi connectivity index (χ0) is 47.7. The van der Waals surface area contributed by atoms with Crippen molar-refractivity contribution < 1.29 is 55.5 Å². The molecule has 1 aromatic carbocycles. The van der Waals surface area contributed by atoms with Crippen molar-refractivity contribution in [1.29, 1.82) is 0 Å². The van der Waals surface area contributed by atoms with Crippen molar-refractivity contribution in [2.45, 2.75) is 146 Å². The Kier molecular flexibility index (Phi) is 15.7. The summed E-state index contributed by atoms with van der Waals surface area (Å²) in [5, 5.41) is 8.70. The third-order valence-electron chi connectivity index (χ3n) is 13.4. The van der Waals surface area contributed by atoms with Crippen molar-refractivity contribution in [3.8, 4) is 0 Å². The molecular formula is C44H58Cl2F5N7O7. The predicted octanol–water partition coefficient (Wildman–Crippen LogP) is 4.53. The first-order chi connectivity index (χ1) is 30.5. The molecule has 7 amide bonds. The Morgan fingerprint density at radius 1 is 0.938 bits per heavy atom. The number of hydrogen-bond acceptors (Lipinski definition) is 7. The third-order valence-corrected chi connectivity index (χ3v) is 14.0. The van der Waals surface area contributed by atoms with E-state index in [0.29, 0.717) is 15.5 Å². The fraction of sp³-hybridized carbons (Fsp3) is 0.705. The molecule has 8 atom stereocenters. The van der Waals surface area contributed by atoms with Crippen LogP contribution < -0.4 is 16.0 Å². The van der Waals surface area contributed by atoms with Gasteiger partial charge in [-0.15, -0.1) is 0 Å². The lowest BCUT2D eigenvalue weighted by Gasteiger charge is -2.36. The van der Waals surface area contributed by atoms with E-state index < -0.39 is 127 Å². The monoisotopic (exact) mass is 961 g/mol. The molecule has 21 heteroatoms. The third kappa shape index (κ3) is 11.5. The van der Waals surface area contributed by atoms with Gasteiger partial charge in [-0.25, -0.2) is 8.78 Å². The summed E-state index contributed by atoms with van der Waals surface area (Å²) in [6.07, 6.45) is -7.97. The van der Waals surface area contributed by atoms with Gasteiger partial charge in [-0.05, 0) is 80.5 Å². The van der Waals surface area contributed by atoms with Gasteiger partial charge in [0.05, 0.1) is 13.1 Å². The molecule has 65 heavy (non-hydrogen) atoms. The zero-order valence-corrected chi connectivity index (χ0v) is 38.4. The van der Waals surface area contributed by atoms with Crippen LogP contribution in [0.25, 0.3) is 0 Å². The summed E-state index contributed by atoms with van der Waals surface area (Å²) in [5.41, 5.74) is -2.29. The molecular weight excluding hydrogens is 904 g/mol. The second kappa shape index (κ2) is 20.3. The van der Waals surface area contributed by atoms with E-state index in [2.05, 4.69) is 16.0 Å². The van der Waals surface area contributed by atoms with E-state index in [1.54, 1.807) is 6.07 Å². The molecule has 3 saturated heterocycles. The molecule has 3 N–H and O–H groups in total. The van der Waals surface area contributed by atoms with Crippen LogP contribution in [0.15, 0.2) is 18.2 Å². The zero-order valence-electron chi connectivity index (χ0n) is 36.9. The summed E-state index contributed by atoms with van der Waals surface area (Å²) in [6.45, 7) is 2.61.